The molecule has 0 aliphatic carbocycles. The highest BCUT2D eigenvalue weighted by atomic mass is 19.1. The molecule has 0 unspecified atom stereocenters. The average molecular weight is 189 g/mol. The van der Waals surface area contributed by atoms with Crippen molar-refractivity contribution in [2.75, 3.05) is 0 Å². The third-order valence-electron chi connectivity index (χ3n) is 2.15. The van der Waals surface area contributed by atoms with Gasteiger partial charge in [0.15, 0.2) is 6.29 Å². The Bertz CT molecular complexity index is 503. The number of hydrogen-bond acceptors (Lipinski definition) is 2. The van der Waals surface area contributed by atoms with Gasteiger partial charge in [0.1, 0.15) is 5.82 Å². The van der Waals surface area contributed by atoms with E-state index in [0.717, 1.165) is 11.1 Å². The van der Waals surface area contributed by atoms with Crippen LogP contribution in [0.25, 0.3) is 10.8 Å². The molecule has 0 saturated carbocycles. The maximum atomic E-state index is 13.2. The number of nitrogens with zero attached hydrogens (tertiary/aromatic N) is 1. The quantitative estimate of drug-likeness (QED) is 0.645. The number of aryl methyl sites for hydroxylation is 1. The number of pyridine rings is 1. The SMILES string of the molecule is Cc1cc2c(C=O)c(F)ccc2cn1. The van der Waals surface area contributed by atoms with Crippen LogP contribution in [-0.2, 0) is 0 Å². The molecule has 0 atom stereocenters. The molecule has 0 saturated heterocycles. The van der Waals surface area contributed by atoms with Crippen molar-refractivity contribution in [1.82, 2.24) is 4.98 Å². The highest BCUT2D eigenvalue weighted by Gasteiger charge is 2.06. The van der Waals surface area contributed by atoms with Gasteiger partial charge in [-0.25, -0.2) is 4.39 Å². The second-order valence-electron chi connectivity index (χ2n) is 3.13. The molecule has 1 aromatic carbocycles. The predicted octanol–water partition coefficient (Wildman–Crippen LogP) is 2.49. The molecular formula is C11H8FNO. The van der Waals surface area contributed by atoms with Crippen LogP contribution in [0.3, 0.4) is 0 Å². The van der Waals surface area contributed by atoms with Crippen LogP contribution in [-0.4, -0.2) is 11.3 Å². The van der Waals surface area contributed by atoms with Crippen molar-refractivity contribution in [3.63, 3.8) is 0 Å². The minimum Gasteiger partial charge on any atom is -0.298 e. The van der Waals surface area contributed by atoms with Gasteiger partial charge in [-0.05, 0) is 30.5 Å². The van der Waals surface area contributed by atoms with Crippen LogP contribution in [0.1, 0.15) is 16.1 Å². The minimum atomic E-state index is -0.488. The summed E-state index contributed by atoms with van der Waals surface area (Å²) in [6.45, 7) is 1.80. The normalized spacial score (nSPS) is 10.4. The summed E-state index contributed by atoms with van der Waals surface area (Å²) in [5.41, 5.74) is 0.874. The molecule has 0 spiro atoms. The average Bonchev–Trinajstić information content (AvgIpc) is 2.17. The lowest BCUT2D eigenvalue weighted by molar-refractivity contribution is 0.112. The predicted molar refractivity (Wildman–Crippen MR) is 51.8 cm³/mol. The number of carbonyl (C=O) groups is 1. The van der Waals surface area contributed by atoms with Crippen LogP contribution in [0, 0.1) is 12.7 Å². The maximum Gasteiger partial charge on any atom is 0.153 e. The summed E-state index contributed by atoms with van der Waals surface area (Å²) in [7, 11) is 0. The maximum absolute atomic E-state index is 13.2. The number of rotatable bonds is 1. The molecule has 0 aliphatic heterocycles. The Balaban J connectivity index is 2.91. The molecule has 0 aliphatic rings. The summed E-state index contributed by atoms with van der Waals surface area (Å²) in [4.78, 5) is 14.8. The van der Waals surface area contributed by atoms with E-state index in [0.29, 0.717) is 11.7 Å². The van der Waals surface area contributed by atoms with Crippen LogP contribution in [0.4, 0.5) is 4.39 Å². The monoisotopic (exact) mass is 189 g/mol. The van der Waals surface area contributed by atoms with E-state index in [4.69, 9.17) is 0 Å². The van der Waals surface area contributed by atoms with E-state index in [1.54, 1.807) is 25.3 Å². The first kappa shape index (κ1) is 8.81. The molecule has 0 radical (unpaired) electrons. The number of benzene rings is 1. The van der Waals surface area contributed by atoms with Crippen LogP contribution in [0.2, 0.25) is 0 Å². The summed E-state index contributed by atoms with van der Waals surface area (Å²) in [6.07, 6.45) is 2.17. The molecule has 3 heteroatoms. The molecule has 0 bridgehead atoms. The number of halogens is 1. The number of hydrogen-bond donors (Lipinski definition) is 0. The lowest BCUT2D eigenvalue weighted by Gasteiger charge is -2.02. The largest absolute Gasteiger partial charge is 0.298 e. The molecule has 70 valence electrons. The van der Waals surface area contributed by atoms with Crippen LogP contribution in [0.15, 0.2) is 24.4 Å². The second-order valence-corrected chi connectivity index (χ2v) is 3.13. The third-order valence-corrected chi connectivity index (χ3v) is 2.15. The molecule has 0 N–H and O–H groups in total. The first-order valence-corrected chi connectivity index (χ1v) is 4.22. The van der Waals surface area contributed by atoms with Gasteiger partial charge in [-0.2, -0.15) is 0 Å². The topological polar surface area (TPSA) is 30.0 Å². The number of aromatic nitrogens is 1. The van der Waals surface area contributed by atoms with Crippen molar-refractivity contribution in [2.24, 2.45) is 0 Å². The Morgan fingerprint density at radius 1 is 1.43 bits per heavy atom. The third kappa shape index (κ3) is 1.27. The Hall–Kier alpha value is -1.77. The van der Waals surface area contributed by atoms with Gasteiger partial charge < -0.3 is 0 Å². The molecule has 0 fully saturated rings. The number of carbonyl (C=O) groups excluding carboxylic acids is 1. The zero-order valence-corrected chi connectivity index (χ0v) is 7.62. The second kappa shape index (κ2) is 3.18. The fraction of sp³-hybridized carbons (Fsp3) is 0.0909. The van der Waals surface area contributed by atoms with Crippen molar-refractivity contribution in [3.05, 3.63) is 41.5 Å². The summed E-state index contributed by atoms with van der Waals surface area (Å²) in [6, 6.07) is 4.61. The van der Waals surface area contributed by atoms with Gasteiger partial charge >= 0.3 is 0 Å². The Labute approximate surface area is 80.4 Å². The fourth-order valence-electron chi connectivity index (χ4n) is 1.44. The summed E-state index contributed by atoms with van der Waals surface area (Å²) in [5.74, 6) is -0.488. The zero-order valence-electron chi connectivity index (χ0n) is 7.62. The molecule has 0 amide bonds. The van der Waals surface area contributed by atoms with Gasteiger partial charge in [-0.15, -0.1) is 0 Å². The van der Waals surface area contributed by atoms with E-state index < -0.39 is 5.82 Å². The van der Waals surface area contributed by atoms with Gasteiger partial charge in [0.05, 0.1) is 5.56 Å². The highest BCUT2D eigenvalue weighted by Crippen LogP contribution is 2.20. The van der Waals surface area contributed by atoms with Crippen LogP contribution < -0.4 is 0 Å². The summed E-state index contributed by atoms with van der Waals surface area (Å²) < 4.78 is 13.2. The summed E-state index contributed by atoms with van der Waals surface area (Å²) in [5, 5.41) is 1.40. The zero-order chi connectivity index (χ0) is 10.1. The van der Waals surface area contributed by atoms with Gasteiger partial charge in [0, 0.05) is 17.3 Å². The minimum absolute atomic E-state index is 0.105. The highest BCUT2D eigenvalue weighted by molar-refractivity contribution is 5.98. The first-order chi connectivity index (χ1) is 6.72. The molecule has 2 nitrogen and oxygen atoms in total. The lowest BCUT2D eigenvalue weighted by atomic mass is 10.1. The molecular weight excluding hydrogens is 181 g/mol. The molecule has 14 heavy (non-hydrogen) atoms. The van der Waals surface area contributed by atoms with E-state index in [9.17, 15) is 9.18 Å². The lowest BCUT2D eigenvalue weighted by Crippen LogP contribution is -1.91. The first-order valence-electron chi connectivity index (χ1n) is 4.22. The fourth-order valence-corrected chi connectivity index (χ4v) is 1.44. The Morgan fingerprint density at radius 3 is 2.93 bits per heavy atom. The van der Waals surface area contributed by atoms with Crippen LogP contribution in [0.5, 0.6) is 0 Å². The van der Waals surface area contributed by atoms with E-state index >= 15 is 0 Å². The smallest absolute Gasteiger partial charge is 0.153 e. The molecule has 2 rings (SSSR count). The van der Waals surface area contributed by atoms with E-state index in [-0.39, 0.29) is 5.56 Å². The molecule has 2 aromatic rings. The summed E-state index contributed by atoms with van der Waals surface area (Å²) >= 11 is 0. The van der Waals surface area contributed by atoms with Crippen molar-refractivity contribution in [3.8, 4) is 0 Å². The van der Waals surface area contributed by atoms with Crippen molar-refractivity contribution < 1.29 is 9.18 Å². The number of fused-ring (bicyclic) bond motifs is 1. The van der Waals surface area contributed by atoms with Crippen molar-refractivity contribution in [2.45, 2.75) is 6.92 Å². The van der Waals surface area contributed by atoms with E-state index in [1.807, 2.05) is 0 Å². The Morgan fingerprint density at radius 2 is 2.21 bits per heavy atom. The molecule has 1 heterocycles. The van der Waals surface area contributed by atoms with Crippen LogP contribution >= 0.6 is 0 Å². The van der Waals surface area contributed by atoms with Gasteiger partial charge in [0.2, 0.25) is 0 Å². The van der Waals surface area contributed by atoms with Crippen molar-refractivity contribution in [1.29, 1.82) is 0 Å². The van der Waals surface area contributed by atoms with Gasteiger partial charge in [0.25, 0.3) is 0 Å². The van der Waals surface area contributed by atoms with Gasteiger partial charge in [-0.1, -0.05) is 0 Å². The standard InChI is InChI=1S/C11H8FNO/c1-7-4-9-8(5-13-7)2-3-11(12)10(9)6-14/h2-6H,1H3. The van der Waals surface area contributed by atoms with Gasteiger partial charge in [-0.3, -0.25) is 9.78 Å². The van der Waals surface area contributed by atoms with E-state index in [2.05, 4.69) is 4.98 Å². The number of aldehydes is 1. The van der Waals surface area contributed by atoms with Crippen molar-refractivity contribution >= 4 is 17.1 Å². The Kier molecular flexibility index (Phi) is 2.00. The molecule has 1 aromatic heterocycles. The van der Waals surface area contributed by atoms with E-state index in [1.165, 1.54) is 6.07 Å².